The van der Waals surface area contributed by atoms with Gasteiger partial charge in [-0.15, -0.1) is 0 Å². The van der Waals surface area contributed by atoms with Crippen molar-refractivity contribution in [3.8, 4) is 17.6 Å². The first-order chi connectivity index (χ1) is 18.3. The third-order valence-electron chi connectivity index (χ3n) is 5.45. The van der Waals surface area contributed by atoms with E-state index in [2.05, 4.69) is 10.5 Å². The van der Waals surface area contributed by atoms with Crippen molar-refractivity contribution in [3.63, 3.8) is 0 Å². The molecule has 0 aliphatic heterocycles. The van der Waals surface area contributed by atoms with Crippen molar-refractivity contribution >= 4 is 17.8 Å². The van der Waals surface area contributed by atoms with Gasteiger partial charge in [-0.2, -0.15) is 10.4 Å². The molecule has 0 saturated carbocycles. The largest absolute Gasteiger partial charge is 0.493 e. The Hall–Kier alpha value is -5.02. The van der Waals surface area contributed by atoms with Crippen LogP contribution in [0.4, 0.5) is 5.69 Å². The van der Waals surface area contributed by atoms with E-state index in [1.165, 1.54) is 37.1 Å². The Balaban J connectivity index is 1.73. The number of hydrogen-bond donors (Lipinski definition) is 1. The predicted molar refractivity (Wildman–Crippen MR) is 137 cm³/mol. The molecule has 1 aromatic heterocycles. The van der Waals surface area contributed by atoms with Gasteiger partial charge in [-0.3, -0.25) is 19.7 Å². The fourth-order valence-electron chi connectivity index (χ4n) is 3.59. The minimum absolute atomic E-state index is 0.0261. The molecule has 0 spiro atoms. The van der Waals surface area contributed by atoms with Crippen LogP contribution in [0, 0.1) is 28.4 Å². The van der Waals surface area contributed by atoms with Crippen LogP contribution in [0.3, 0.4) is 0 Å². The second-order valence-electron chi connectivity index (χ2n) is 8.01. The highest BCUT2D eigenvalue weighted by Gasteiger charge is 2.15. The van der Waals surface area contributed by atoms with Gasteiger partial charge in [0.05, 0.1) is 24.9 Å². The van der Waals surface area contributed by atoms with E-state index in [1.54, 1.807) is 43.3 Å². The molecular weight excluding hydrogens is 494 g/mol. The Labute approximate surface area is 217 Å². The third-order valence-corrected chi connectivity index (χ3v) is 5.45. The Kier molecular flexibility index (Phi) is 9.28. The van der Waals surface area contributed by atoms with E-state index in [0.717, 1.165) is 0 Å². The predicted octanol–water partition coefficient (Wildman–Crippen LogP) is 2.82. The number of nitro benzene ring substituents is 1. The number of benzene rings is 2. The molecule has 0 atom stereocenters. The number of methoxy groups -OCH3 is 2. The first-order valence-electron chi connectivity index (χ1n) is 11.3. The number of nitrogens with zero attached hydrogens (tertiary/aromatic N) is 4. The Morgan fingerprint density at radius 2 is 1.95 bits per heavy atom. The van der Waals surface area contributed by atoms with Gasteiger partial charge in [-0.05, 0) is 42.8 Å². The maximum atomic E-state index is 12.7. The summed E-state index contributed by atoms with van der Waals surface area (Å²) in [6, 6.07) is 14.6. The molecule has 0 fully saturated rings. The van der Waals surface area contributed by atoms with Gasteiger partial charge in [-0.1, -0.05) is 6.07 Å². The van der Waals surface area contributed by atoms with Crippen LogP contribution in [0.25, 0.3) is 0 Å². The highest BCUT2D eigenvalue weighted by Crippen LogP contribution is 2.31. The van der Waals surface area contributed by atoms with Crippen LogP contribution in [-0.2, 0) is 29.3 Å². The first-order valence-corrected chi connectivity index (χ1v) is 11.3. The summed E-state index contributed by atoms with van der Waals surface area (Å²) in [6.07, 6.45) is 1.36. The van der Waals surface area contributed by atoms with Crippen molar-refractivity contribution in [1.82, 2.24) is 9.99 Å². The van der Waals surface area contributed by atoms with Gasteiger partial charge in [0, 0.05) is 36.1 Å². The van der Waals surface area contributed by atoms with Crippen molar-refractivity contribution in [1.29, 1.82) is 5.26 Å². The highest BCUT2D eigenvalue weighted by atomic mass is 16.6. The standard InChI is InChI=1S/C26H25N5O7/c1-17-11-20(16-36-2)22(12-27)26(33)30(17)14-24(32)29-28-13-19-5-4-6-23(37-3)25(19)38-15-18-7-9-21(10-8-18)31(34)35/h4-11,13H,14-16H2,1-3H3,(H,29,32)/b28-13-. The summed E-state index contributed by atoms with van der Waals surface area (Å²) < 4.78 is 17.5. The number of non-ortho nitro benzene ring substituents is 1. The van der Waals surface area contributed by atoms with Gasteiger partial charge in [0.2, 0.25) is 0 Å². The number of amides is 1. The van der Waals surface area contributed by atoms with Crippen molar-refractivity contribution in [2.45, 2.75) is 26.7 Å². The average Bonchev–Trinajstić information content (AvgIpc) is 2.90. The van der Waals surface area contributed by atoms with Gasteiger partial charge in [0.15, 0.2) is 11.5 Å². The molecule has 12 nitrogen and oxygen atoms in total. The lowest BCUT2D eigenvalue weighted by Gasteiger charge is -2.13. The summed E-state index contributed by atoms with van der Waals surface area (Å²) in [5.41, 5.74) is 3.81. The second-order valence-corrected chi connectivity index (χ2v) is 8.01. The number of aromatic nitrogens is 1. The number of hydrogen-bond acceptors (Lipinski definition) is 9. The van der Waals surface area contributed by atoms with Gasteiger partial charge in [0.1, 0.15) is 24.8 Å². The van der Waals surface area contributed by atoms with Crippen LogP contribution in [0.2, 0.25) is 0 Å². The van der Waals surface area contributed by atoms with Crippen LogP contribution < -0.4 is 20.5 Å². The zero-order valence-corrected chi connectivity index (χ0v) is 21.0. The van der Waals surface area contributed by atoms with E-state index in [-0.39, 0.29) is 31.0 Å². The average molecular weight is 520 g/mol. The number of rotatable bonds is 11. The van der Waals surface area contributed by atoms with Gasteiger partial charge in [-0.25, -0.2) is 5.43 Å². The van der Waals surface area contributed by atoms with Gasteiger partial charge < -0.3 is 18.8 Å². The molecule has 1 N–H and O–H groups in total. The molecule has 3 rings (SSSR count). The smallest absolute Gasteiger partial charge is 0.269 e. The minimum Gasteiger partial charge on any atom is -0.493 e. The third kappa shape index (κ3) is 6.59. The molecular formula is C26H25N5O7. The molecule has 0 bridgehead atoms. The number of aryl methyl sites for hydroxylation is 1. The van der Waals surface area contributed by atoms with E-state index < -0.39 is 16.4 Å². The van der Waals surface area contributed by atoms with Crippen LogP contribution in [-0.4, -0.2) is 35.8 Å². The SMILES string of the molecule is COCc1cc(C)n(CC(=O)N/N=C\c2cccc(OC)c2OCc2ccc([N+](=O)[O-])cc2)c(=O)c1C#N. The Morgan fingerprint density at radius 1 is 1.21 bits per heavy atom. The monoisotopic (exact) mass is 519 g/mol. The van der Waals surface area contributed by atoms with E-state index in [0.29, 0.717) is 33.9 Å². The maximum Gasteiger partial charge on any atom is 0.269 e. The molecule has 0 aliphatic rings. The zero-order chi connectivity index (χ0) is 27.7. The lowest BCUT2D eigenvalue weighted by Crippen LogP contribution is -2.33. The number of para-hydroxylation sites is 1. The molecule has 0 radical (unpaired) electrons. The summed E-state index contributed by atoms with van der Waals surface area (Å²) >= 11 is 0. The Morgan fingerprint density at radius 3 is 2.58 bits per heavy atom. The van der Waals surface area contributed by atoms with Gasteiger partial charge >= 0.3 is 0 Å². The fourth-order valence-corrected chi connectivity index (χ4v) is 3.59. The van der Waals surface area contributed by atoms with Crippen LogP contribution in [0.5, 0.6) is 11.5 Å². The summed E-state index contributed by atoms with van der Waals surface area (Å²) in [5, 5.41) is 24.2. The molecule has 0 saturated heterocycles. The number of pyridine rings is 1. The molecule has 12 heteroatoms. The van der Waals surface area contributed by atoms with Crippen molar-refractivity contribution in [2.75, 3.05) is 14.2 Å². The van der Waals surface area contributed by atoms with E-state index in [4.69, 9.17) is 14.2 Å². The quantitative estimate of drug-likeness (QED) is 0.230. The van der Waals surface area contributed by atoms with Crippen molar-refractivity contribution in [3.05, 3.63) is 96.9 Å². The topological polar surface area (TPSA) is 158 Å². The summed E-state index contributed by atoms with van der Waals surface area (Å²) in [5.74, 6) is 0.196. The fraction of sp³-hybridized carbons (Fsp3) is 0.231. The van der Waals surface area contributed by atoms with E-state index in [1.807, 2.05) is 6.07 Å². The Bertz CT molecular complexity index is 1460. The molecule has 1 amide bonds. The lowest BCUT2D eigenvalue weighted by molar-refractivity contribution is -0.384. The van der Waals surface area contributed by atoms with E-state index >= 15 is 0 Å². The summed E-state index contributed by atoms with van der Waals surface area (Å²) in [6.45, 7) is 1.52. The zero-order valence-electron chi connectivity index (χ0n) is 21.0. The van der Waals surface area contributed by atoms with Crippen LogP contribution >= 0.6 is 0 Å². The second kappa shape index (κ2) is 12.8. The number of nitro groups is 1. The number of carbonyl (C=O) groups is 1. The number of nitriles is 1. The first kappa shape index (κ1) is 27.6. The van der Waals surface area contributed by atoms with Gasteiger partial charge in [0.25, 0.3) is 17.2 Å². The number of ether oxygens (including phenoxy) is 3. The molecule has 0 aliphatic carbocycles. The molecule has 1 heterocycles. The molecule has 3 aromatic rings. The number of nitrogens with one attached hydrogen (secondary N) is 1. The minimum atomic E-state index is -0.589. The number of carbonyl (C=O) groups excluding carboxylic acids is 1. The molecule has 0 unspecified atom stereocenters. The van der Waals surface area contributed by atoms with Crippen molar-refractivity contribution in [2.24, 2.45) is 5.10 Å². The highest BCUT2D eigenvalue weighted by molar-refractivity contribution is 5.86. The maximum absolute atomic E-state index is 12.7. The van der Waals surface area contributed by atoms with E-state index in [9.17, 15) is 25.0 Å². The van der Waals surface area contributed by atoms with Crippen molar-refractivity contribution < 1.29 is 23.9 Å². The van der Waals surface area contributed by atoms with Crippen LogP contribution in [0.1, 0.15) is 27.9 Å². The summed E-state index contributed by atoms with van der Waals surface area (Å²) in [4.78, 5) is 35.6. The molecule has 38 heavy (non-hydrogen) atoms. The van der Waals surface area contributed by atoms with Crippen LogP contribution in [0.15, 0.2) is 58.4 Å². The normalized spacial score (nSPS) is 10.7. The number of hydrazone groups is 1. The lowest BCUT2D eigenvalue weighted by atomic mass is 10.1. The molecule has 2 aromatic carbocycles. The molecule has 196 valence electrons. The summed E-state index contributed by atoms with van der Waals surface area (Å²) in [7, 11) is 2.94.